The Morgan fingerprint density at radius 1 is 1.04 bits per heavy atom. The van der Waals surface area contributed by atoms with Gasteiger partial charge in [0.25, 0.3) is 0 Å². The SMILES string of the molecule is COC(=O)C1(C)C2C=CC1n1c(=O)n(-c3ccccc3)c(=O)n12. The maximum atomic E-state index is 12.8. The van der Waals surface area contributed by atoms with Crippen LogP contribution in [-0.2, 0) is 9.53 Å². The van der Waals surface area contributed by atoms with Crippen LogP contribution in [0.15, 0.2) is 52.1 Å². The Hall–Kier alpha value is -2.83. The predicted octanol–water partition coefficient (Wildman–Crippen LogP) is 0.646. The number of carbonyl (C=O) groups excluding carboxylic acids is 1. The number of nitrogens with zero attached hydrogens (tertiary/aromatic N) is 3. The van der Waals surface area contributed by atoms with Crippen LogP contribution in [0.1, 0.15) is 19.0 Å². The quantitative estimate of drug-likeness (QED) is 0.602. The van der Waals surface area contributed by atoms with Crippen molar-refractivity contribution in [2.45, 2.75) is 19.0 Å². The van der Waals surface area contributed by atoms with Crippen molar-refractivity contribution in [1.82, 2.24) is 13.9 Å². The van der Waals surface area contributed by atoms with Gasteiger partial charge in [-0.15, -0.1) is 0 Å². The zero-order valence-electron chi connectivity index (χ0n) is 12.7. The molecule has 0 saturated carbocycles. The van der Waals surface area contributed by atoms with Gasteiger partial charge in [-0.2, -0.15) is 0 Å². The first-order chi connectivity index (χ1) is 11.0. The number of allylic oxidation sites excluding steroid dienone is 2. The van der Waals surface area contributed by atoms with Gasteiger partial charge < -0.3 is 4.74 Å². The van der Waals surface area contributed by atoms with Gasteiger partial charge in [0, 0.05) is 0 Å². The van der Waals surface area contributed by atoms with E-state index in [2.05, 4.69) is 0 Å². The minimum Gasteiger partial charge on any atom is -0.468 e. The molecule has 2 bridgehead atoms. The van der Waals surface area contributed by atoms with Crippen LogP contribution in [-0.4, -0.2) is 27.0 Å². The zero-order valence-corrected chi connectivity index (χ0v) is 12.7. The second-order valence-electron chi connectivity index (χ2n) is 5.97. The van der Waals surface area contributed by atoms with Crippen LogP contribution < -0.4 is 11.4 Å². The lowest BCUT2D eigenvalue weighted by Gasteiger charge is -2.25. The number of carbonyl (C=O) groups is 1. The molecule has 23 heavy (non-hydrogen) atoms. The van der Waals surface area contributed by atoms with Crippen molar-refractivity contribution in [1.29, 1.82) is 0 Å². The zero-order chi connectivity index (χ0) is 16.4. The number of para-hydroxylation sites is 1. The summed E-state index contributed by atoms with van der Waals surface area (Å²) in [5.74, 6) is -0.432. The first-order valence-corrected chi connectivity index (χ1v) is 7.30. The van der Waals surface area contributed by atoms with E-state index in [0.717, 1.165) is 4.57 Å². The van der Waals surface area contributed by atoms with Gasteiger partial charge >= 0.3 is 17.3 Å². The van der Waals surface area contributed by atoms with E-state index in [0.29, 0.717) is 5.69 Å². The van der Waals surface area contributed by atoms with Crippen molar-refractivity contribution in [2.75, 3.05) is 7.11 Å². The summed E-state index contributed by atoms with van der Waals surface area (Å²) in [5.41, 5.74) is -1.36. The summed E-state index contributed by atoms with van der Waals surface area (Å²) < 4.78 is 8.74. The van der Waals surface area contributed by atoms with Crippen molar-refractivity contribution in [3.63, 3.8) is 0 Å². The molecule has 2 aromatic rings. The molecule has 2 unspecified atom stereocenters. The highest BCUT2D eigenvalue weighted by molar-refractivity contribution is 5.80. The van der Waals surface area contributed by atoms with E-state index in [-0.39, 0.29) is 0 Å². The van der Waals surface area contributed by atoms with Crippen LogP contribution in [0.5, 0.6) is 0 Å². The van der Waals surface area contributed by atoms with E-state index in [1.807, 2.05) is 6.07 Å². The predicted molar refractivity (Wildman–Crippen MR) is 81.6 cm³/mol. The van der Waals surface area contributed by atoms with Gasteiger partial charge in [0.2, 0.25) is 0 Å². The van der Waals surface area contributed by atoms with E-state index in [4.69, 9.17) is 4.74 Å². The molecule has 1 aliphatic heterocycles. The Labute approximate surface area is 131 Å². The molecule has 0 spiro atoms. The summed E-state index contributed by atoms with van der Waals surface area (Å²) in [7, 11) is 1.31. The Morgan fingerprint density at radius 3 is 2.04 bits per heavy atom. The van der Waals surface area contributed by atoms with Gasteiger partial charge in [0.15, 0.2) is 0 Å². The number of fused-ring (bicyclic) bond motifs is 5. The highest BCUT2D eigenvalue weighted by atomic mass is 16.5. The Kier molecular flexibility index (Phi) is 2.61. The van der Waals surface area contributed by atoms with Gasteiger partial charge in [-0.05, 0) is 19.1 Å². The fraction of sp³-hybridized carbons (Fsp3) is 0.312. The number of hydrogen-bond donors (Lipinski definition) is 0. The molecule has 1 aromatic carbocycles. The molecule has 7 nitrogen and oxygen atoms in total. The second-order valence-corrected chi connectivity index (χ2v) is 5.97. The molecule has 0 fully saturated rings. The summed E-state index contributed by atoms with van der Waals surface area (Å²) >= 11 is 0. The van der Waals surface area contributed by atoms with E-state index in [1.54, 1.807) is 43.3 Å². The maximum Gasteiger partial charge on any atom is 0.352 e. The molecular weight excluding hydrogens is 298 g/mol. The van der Waals surface area contributed by atoms with Crippen molar-refractivity contribution in [3.8, 4) is 5.69 Å². The molecule has 4 rings (SSSR count). The number of esters is 1. The van der Waals surface area contributed by atoms with Gasteiger partial charge in [-0.3, -0.25) is 4.79 Å². The molecule has 0 N–H and O–H groups in total. The lowest BCUT2D eigenvalue weighted by molar-refractivity contribution is -0.153. The number of benzene rings is 1. The molecule has 0 radical (unpaired) electrons. The molecule has 0 saturated heterocycles. The van der Waals surface area contributed by atoms with Crippen molar-refractivity contribution in [2.24, 2.45) is 5.41 Å². The monoisotopic (exact) mass is 313 g/mol. The third-order valence-corrected chi connectivity index (χ3v) is 4.88. The number of hydrogen-bond acceptors (Lipinski definition) is 4. The summed E-state index contributed by atoms with van der Waals surface area (Å²) in [4.78, 5) is 37.8. The van der Waals surface area contributed by atoms with Crippen molar-refractivity contribution in [3.05, 3.63) is 63.5 Å². The number of aromatic nitrogens is 3. The molecule has 7 heteroatoms. The summed E-state index contributed by atoms with van der Waals surface area (Å²) in [5, 5.41) is 0. The number of methoxy groups -OCH3 is 1. The van der Waals surface area contributed by atoms with Crippen LogP contribution >= 0.6 is 0 Å². The average Bonchev–Trinajstić information content (AvgIpc) is 3.13. The van der Waals surface area contributed by atoms with Gasteiger partial charge in [0.1, 0.15) is 5.41 Å². The molecule has 2 heterocycles. The first-order valence-electron chi connectivity index (χ1n) is 7.30. The first kappa shape index (κ1) is 13.8. The maximum absolute atomic E-state index is 12.8. The van der Waals surface area contributed by atoms with Crippen molar-refractivity contribution < 1.29 is 9.53 Å². The lowest BCUT2D eigenvalue weighted by atomic mass is 9.82. The molecule has 2 aliphatic rings. The standard InChI is InChI=1S/C16H15N3O4/c1-16(13(20)23-2)11-8-9-12(16)19-15(22)17(14(21)18(11)19)10-6-4-3-5-7-10/h3-9,11-12H,1-2H3. The molecule has 1 aromatic heterocycles. The highest BCUT2D eigenvalue weighted by Crippen LogP contribution is 2.52. The Morgan fingerprint density at radius 2 is 1.57 bits per heavy atom. The fourth-order valence-corrected chi connectivity index (χ4v) is 3.69. The topological polar surface area (TPSA) is 75.2 Å². The fourth-order valence-electron chi connectivity index (χ4n) is 3.69. The third kappa shape index (κ3) is 1.46. The highest BCUT2D eigenvalue weighted by Gasteiger charge is 2.59. The Bertz CT molecular complexity index is 902. The van der Waals surface area contributed by atoms with Crippen LogP contribution in [0.2, 0.25) is 0 Å². The van der Waals surface area contributed by atoms with Crippen LogP contribution in [0.4, 0.5) is 0 Å². The average molecular weight is 313 g/mol. The summed E-state index contributed by atoms with van der Waals surface area (Å²) in [6.45, 7) is 1.72. The van der Waals surface area contributed by atoms with Gasteiger partial charge in [0.05, 0.1) is 24.9 Å². The molecule has 118 valence electrons. The summed E-state index contributed by atoms with van der Waals surface area (Å²) in [6, 6.07) is 7.70. The van der Waals surface area contributed by atoms with Gasteiger partial charge in [-0.1, -0.05) is 30.4 Å². The largest absolute Gasteiger partial charge is 0.468 e. The normalized spacial score (nSPS) is 27.2. The molecule has 0 amide bonds. The van der Waals surface area contributed by atoms with E-state index >= 15 is 0 Å². The van der Waals surface area contributed by atoms with E-state index in [9.17, 15) is 14.4 Å². The second kappa shape index (κ2) is 4.34. The van der Waals surface area contributed by atoms with Crippen molar-refractivity contribution >= 4 is 5.97 Å². The van der Waals surface area contributed by atoms with Crippen LogP contribution in [0.25, 0.3) is 5.69 Å². The van der Waals surface area contributed by atoms with Gasteiger partial charge in [-0.25, -0.2) is 23.5 Å². The minimum atomic E-state index is -0.969. The van der Waals surface area contributed by atoms with Crippen LogP contribution in [0.3, 0.4) is 0 Å². The van der Waals surface area contributed by atoms with E-state index < -0.39 is 34.8 Å². The van der Waals surface area contributed by atoms with E-state index in [1.165, 1.54) is 16.5 Å². The summed E-state index contributed by atoms with van der Waals surface area (Å²) in [6.07, 6.45) is 3.58. The number of ether oxygens (including phenoxy) is 1. The molecule has 1 aliphatic carbocycles. The third-order valence-electron chi connectivity index (χ3n) is 4.88. The Balaban J connectivity index is 1.96. The smallest absolute Gasteiger partial charge is 0.352 e. The molecule has 2 atom stereocenters. The number of rotatable bonds is 2. The lowest BCUT2D eigenvalue weighted by Crippen LogP contribution is -2.39. The van der Waals surface area contributed by atoms with Crippen LogP contribution in [0, 0.1) is 5.41 Å². The molecular formula is C16H15N3O4. The minimum absolute atomic E-state index is 0.432.